The maximum Gasteiger partial charge on any atom is 0.0192 e. The highest BCUT2D eigenvalue weighted by Gasteiger charge is 1.95. The zero-order chi connectivity index (χ0) is 10.4. The molecule has 0 aliphatic heterocycles. The van der Waals surface area contributed by atoms with Gasteiger partial charge in [0.2, 0.25) is 0 Å². The lowest BCUT2D eigenvalue weighted by Gasteiger charge is -2.16. The molecule has 0 bridgehead atoms. The second-order valence-electron chi connectivity index (χ2n) is 4.06. The summed E-state index contributed by atoms with van der Waals surface area (Å²) in [7, 11) is 2.11. The van der Waals surface area contributed by atoms with Gasteiger partial charge in [0.15, 0.2) is 0 Å². The van der Waals surface area contributed by atoms with E-state index in [2.05, 4.69) is 62.3 Å². The van der Waals surface area contributed by atoms with E-state index in [0.717, 1.165) is 6.54 Å². The smallest absolute Gasteiger partial charge is 0.0192 e. The van der Waals surface area contributed by atoms with Gasteiger partial charge in [-0.2, -0.15) is 0 Å². The van der Waals surface area contributed by atoms with Gasteiger partial charge >= 0.3 is 0 Å². The Balaban J connectivity index is 2.48. The van der Waals surface area contributed by atoms with Crippen molar-refractivity contribution >= 4 is 6.08 Å². The van der Waals surface area contributed by atoms with Crippen LogP contribution in [-0.4, -0.2) is 18.5 Å². The molecule has 0 aliphatic rings. The van der Waals surface area contributed by atoms with Crippen molar-refractivity contribution in [1.29, 1.82) is 0 Å². The van der Waals surface area contributed by atoms with Crippen molar-refractivity contribution in [3.05, 3.63) is 42.1 Å². The minimum Gasteiger partial charge on any atom is -0.380 e. The highest BCUT2D eigenvalue weighted by Crippen LogP contribution is 2.03. The van der Waals surface area contributed by atoms with E-state index in [1.165, 1.54) is 5.56 Å². The molecule has 1 heteroatoms. The molecule has 0 heterocycles. The second kappa shape index (κ2) is 5.48. The van der Waals surface area contributed by atoms with Crippen LogP contribution in [0.4, 0.5) is 0 Å². The van der Waals surface area contributed by atoms with Gasteiger partial charge in [-0.3, -0.25) is 0 Å². The van der Waals surface area contributed by atoms with Crippen LogP contribution >= 0.6 is 0 Å². The van der Waals surface area contributed by atoms with Crippen LogP contribution in [0, 0.1) is 5.92 Å². The van der Waals surface area contributed by atoms with Crippen LogP contribution in [0.1, 0.15) is 19.4 Å². The molecule has 0 amide bonds. The Morgan fingerprint density at radius 2 is 1.86 bits per heavy atom. The SMILES string of the molecule is CC(C)CN(C)/C=C/c1ccccc1. The van der Waals surface area contributed by atoms with Gasteiger partial charge in [0.1, 0.15) is 0 Å². The number of hydrogen-bond donors (Lipinski definition) is 0. The molecule has 1 rings (SSSR count). The van der Waals surface area contributed by atoms with Crippen molar-refractivity contribution in [2.75, 3.05) is 13.6 Å². The molecule has 0 unspecified atom stereocenters. The predicted molar refractivity (Wildman–Crippen MR) is 62.9 cm³/mol. The largest absolute Gasteiger partial charge is 0.380 e. The van der Waals surface area contributed by atoms with E-state index in [-0.39, 0.29) is 0 Å². The van der Waals surface area contributed by atoms with Crippen LogP contribution in [0.3, 0.4) is 0 Å². The molecule has 1 aromatic carbocycles. The van der Waals surface area contributed by atoms with Gasteiger partial charge in [0.25, 0.3) is 0 Å². The highest BCUT2D eigenvalue weighted by atomic mass is 15.1. The number of hydrogen-bond acceptors (Lipinski definition) is 1. The van der Waals surface area contributed by atoms with E-state index in [4.69, 9.17) is 0 Å². The van der Waals surface area contributed by atoms with Crippen LogP contribution in [0.25, 0.3) is 6.08 Å². The van der Waals surface area contributed by atoms with Crippen LogP contribution in [0.15, 0.2) is 36.5 Å². The van der Waals surface area contributed by atoms with Gasteiger partial charge in [0.05, 0.1) is 0 Å². The van der Waals surface area contributed by atoms with Crippen LogP contribution in [-0.2, 0) is 0 Å². The van der Waals surface area contributed by atoms with Crippen molar-refractivity contribution in [2.45, 2.75) is 13.8 Å². The molecule has 0 atom stereocenters. The Kier molecular flexibility index (Phi) is 4.24. The van der Waals surface area contributed by atoms with E-state index in [0.29, 0.717) is 5.92 Å². The minimum atomic E-state index is 0.709. The maximum absolute atomic E-state index is 2.23. The summed E-state index contributed by atoms with van der Waals surface area (Å²) in [5, 5.41) is 0. The lowest BCUT2D eigenvalue weighted by Crippen LogP contribution is -2.16. The molecule has 76 valence electrons. The molecular formula is C13H19N. The number of nitrogens with zero attached hydrogens (tertiary/aromatic N) is 1. The fraction of sp³-hybridized carbons (Fsp3) is 0.385. The third-order valence-corrected chi connectivity index (χ3v) is 1.97. The monoisotopic (exact) mass is 189 g/mol. The summed E-state index contributed by atoms with van der Waals surface area (Å²) < 4.78 is 0. The Hall–Kier alpha value is -1.24. The molecule has 0 saturated heterocycles. The van der Waals surface area contributed by atoms with Gasteiger partial charge in [0, 0.05) is 13.6 Å². The quantitative estimate of drug-likeness (QED) is 0.702. The lowest BCUT2D eigenvalue weighted by atomic mass is 10.2. The van der Waals surface area contributed by atoms with Crippen molar-refractivity contribution in [3.63, 3.8) is 0 Å². The third kappa shape index (κ3) is 4.13. The van der Waals surface area contributed by atoms with Crippen molar-refractivity contribution in [1.82, 2.24) is 4.90 Å². The summed E-state index contributed by atoms with van der Waals surface area (Å²) in [6, 6.07) is 10.4. The number of rotatable bonds is 4. The molecule has 14 heavy (non-hydrogen) atoms. The predicted octanol–water partition coefficient (Wildman–Crippen LogP) is 3.25. The third-order valence-electron chi connectivity index (χ3n) is 1.97. The summed E-state index contributed by atoms with van der Waals surface area (Å²) in [6.07, 6.45) is 4.28. The first-order chi connectivity index (χ1) is 6.68. The van der Waals surface area contributed by atoms with E-state index in [1.54, 1.807) is 0 Å². The first kappa shape index (κ1) is 10.8. The molecule has 1 nitrogen and oxygen atoms in total. The zero-order valence-electron chi connectivity index (χ0n) is 9.27. The fourth-order valence-corrected chi connectivity index (χ4v) is 1.41. The minimum absolute atomic E-state index is 0.709. The average molecular weight is 189 g/mol. The molecule has 0 aliphatic carbocycles. The standard InChI is InChI=1S/C13H19N/c1-12(2)11-14(3)10-9-13-7-5-4-6-8-13/h4-10,12H,11H2,1-3H3/b10-9+. The van der Waals surface area contributed by atoms with Crippen LogP contribution in [0.2, 0.25) is 0 Å². The van der Waals surface area contributed by atoms with Gasteiger partial charge in [-0.25, -0.2) is 0 Å². The normalized spacial score (nSPS) is 11.1. The van der Waals surface area contributed by atoms with E-state index in [9.17, 15) is 0 Å². The average Bonchev–Trinajstić information content (AvgIpc) is 2.15. The van der Waals surface area contributed by atoms with Gasteiger partial charge < -0.3 is 4.90 Å². The molecule has 0 aromatic heterocycles. The van der Waals surface area contributed by atoms with E-state index >= 15 is 0 Å². The summed E-state index contributed by atoms with van der Waals surface area (Å²) in [4.78, 5) is 2.22. The summed E-state index contributed by atoms with van der Waals surface area (Å²) in [5.74, 6) is 0.709. The van der Waals surface area contributed by atoms with Gasteiger partial charge in [-0.15, -0.1) is 0 Å². The second-order valence-corrected chi connectivity index (χ2v) is 4.06. The highest BCUT2D eigenvalue weighted by molar-refractivity contribution is 5.48. The molecular weight excluding hydrogens is 170 g/mol. The Bertz CT molecular complexity index is 275. The van der Waals surface area contributed by atoms with Crippen molar-refractivity contribution < 1.29 is 0 Å². The summed E-state index contributed by atoms with van der Waals surface area (Å²) in [5.41, 5.74) is 1.25. The molecule has 0 fully saturated rings. The zero-order valence-corrected chi connectivity index (χ0v) is 9.27. The lowest BCUT2D eigenvalue weighted by molar-refractivity contribution is 0.392. The summed E-state index contributed by atoms with van der Waals surface area (Å²) >= 11 is 0. The Morgan fingerprint density at radius 3 is 2.43 bits per heavy atom. The van der Waals surface area contributed by atoms with Crippen molar-refractivity contribution in [2.24, 2.45) is 5.92 Å². The first-order valence-electron chi connectivity index (χ1n) is 5.12. The molecule has 0 N–H and O–H groups in total. The van der Waals surface area contributed by atoms with Crippen LogP contribution < -0.4 is 0 Å². The Morgan fingerprint density at radius 1 is 1.21 bits per heavy atom. The summed E-state index contributed by atoms with van der Waals surface area (Å²) in [6.45, 7) is 5.56. The van der Waals surface area contributed by atoms with E-state index < -0.39 is 0 Å². The molecule has 1 aromatic rings. The maximum atomic E-state index is 2.23. The van der Waals surface area contributed by atoms with Gasteiger partial charge in [-0.1, -0.05) is 44.2 Å². The molecule has 0 spiro atoms. The molecule has 0 saturated carbocycles. The van der Waals surface area contributed by atoms with Crippen LogP contribution in [0.5, 0.6) is 0 Å². The van der Waals surface area contributed by atoms with Crippen molar-refractivity contribution in [3.8, 4) is 0 Å². The Labute approximate surface area is 87.1 Å². The topological polar surface area (TPSA) is 3.24 Å². The molecule has 0 radical (unpaired) electrons. The first-order valence-corrected chi connectivity index (χ1v) is 5.12. The fourth-order valence-electron chi connectivity index (χ4n) is 1.41. The van der Waals surface area contributed by atoms with E-state index in [1.807, 2.05) is 6.07 Å². The number of benzene rings is 1. The van der Waals surface area contributed by atoms with Gasteiger partial charge in [-0.05, 0) is 23.8 Å².